The zero-order valence-electron chi connectivity index (χ0n) is 14.0. The number of carbonyl (C=O) groups excluding carboxylic acids is 2. The molecule has 3 fully saturated rings. The van der Waals surface area contributed by atoms with E-state index in [0.717, 1.165) is 37.6 Å². The summed E-state index contributed by atoms with van der Waals surface area (Å²) >= 11 is 0. The molecule has 1 aliphatic heterocycles. The van der Waals surface area contributed by atoms with E-state index in [1.54, 1.807) is 0 Å². The van der Waals surface area contributed by atoms with Crippen LogP contribution in [0, 0.1) is 17.8 Å². The van der Waals surface area contributed by atoms with Gasteiger partial charge in [-0.3, -0.25) is 9.59 Å². The molecule has 124 valence electrons. The summed E-state index contributed by atoms with van der Waals surface area (Å²) in [7, 11) is 0. The number of hydrogen-bond acceptors (Lipinski definition) is 2. The minimum Gasteiger partial charge on any atom is -0.345 e. The standard InChI is InChI=1S/C18H30N2O2/c1-3-15-6-4-5-9-20(15)18(22)17(21)19-12(2)16-11-13-7-8-14(16)10-13/h12-16H,3-11H2,1-2H3,(H,19,21). The van der Waals surface area contributed by atoms with Crippen molar-refractivity contribution >= 4 is 11.8 Å². The van der Waals surface area contributed by atoms with Crippen LogP contribution < -0.4 is 5.32 Å². The fourth-order valence-electron chi connectivity index (χ4n) is 5.10. The molecule has 2 aliphatic carbocycles. The van der Waals surface area contributed by atoms with Gasteiger partial charge in [-0.1, -0.05) is 13.3 Å². The topological polar surface area (TPSA) is 49.4 Å². The van der Waals surface area contributed by atoms with Crippen LogP contribution in [0.1, 0.15) is 65.2 Å². The van der Waals surface area contributed by atoms with E-state index in [1.165, 1.54) is 32.1 Å². The average molecular weight is 306 g/mol. The number of amides is 2. The first kappa shape index (κ1) is 15.8. The molecular formula is C18H30N2O2. The lowest BCUT2D eigenvalue weighted by atomic mass is 9.84. The summed E-state index contributed by atoms with van der Waals surface area (Å²) in [4.78, 5) is 26.7. The summed E-state index contributed by atoms with van der Waals surface area (Å²) < 4.78 is 0. The Morgan fingerprint density at radius 1 is 1.18 bits per heavy atom. The predicted molar refractivity (Wildman–Crippen MR) is 86.2 cm³/mol. The van der Waals surface area contributed by atoms with Gasteiger partial charge in [0, 0.05) is 18.6 Å². The minimum atomic E-state index is -0.379. The van der Waals surface area contributed by atoms with Crippen molar-refractivity contribution < 1.29 is 9.59 Å². The molecule has 22 heavy (non-hydrogen) atoms. The molecule has 2 bridgehead atoms. The molecule has 3 aliphatic rings. The third kappa shape index (κ3) is 3.02. The fourth-order valence-corrected chi connectivity index (χ4v) is 5.10. The molecule has 0 spiro atoms. The van der Waals surface area contributed by atoms with Crippen molar-refractivity contribution in [3.8, 4) is 0 Å². The number of likely N-dealkylation sites (tertiary alicyclic amines) is 1. The Labute approximate surface area is 134 Å². The number of rotatable bonds is 3. The zero-order chi connectivity index (χ0) is 15.7. The van der Waals surface area contributed by atoms with E-state index in [2.05, 4.69) is 19.2 Å². The number of hydrogen-bond donors (Lipinski definition) is 1. The van der Waals surface area contributed by atoms with Gasteiger partial charge in [-0.15, -0.1) is 0 Å². The lowest BCUT2D eigenvalue weighted by Gasteiger charge is -2.35. The van der Waals surface area contributed by atoms with Gasteiger partial charge >= 0.3 is 11.8 Å². The molecule has 0 aromatic rings. The summed E-state index contributed by atoms with van der Waals surface area (Å²) in [5, 5.41) is 3.02. The largest absolute Gasteiger partial charge is 0.345 e. The van der Waals surface area contributed by atoms with Crippen LogP contribution in [-0.2, 0) is 9.59 Å². The molecule has 1 heterocycles. The summed E-state index contributed by atoms with van der Waals surface area (Å²) in [5.74, 6) is 1.54. The minimum absolute atomic E-state index is 0.136. The quantitative estimate of drug-likeness (QED) is 0.815. The van der Waals surface area contributed by atoms with Crippen molar-refractivity contribution in [3.63, 3.8) is 0 Å². The Balaban J connectivity index is 1.55. The van der Waals surface area contributed by atoms with Gasteiger partial charge in [-0.05, 0) is 69.6 Å². The van der Waals surface area contributed by atoms with Crippen LogP contribution in [-0.4, -0.2) is 35.3 Å². The third-order valence-electron chi connectivity index (χ3n) is 6.35. The molecule has 1 saturated heterocycles. The van der Waals surface area contributed by atoms with Gasteiger partial charge in [-0.25, -0.2) is 0 Å². The summed E-state index contributed by atoms with van der Waals surface area (Å²) in [5.41, 5.74) is 0. The lowest BCUT2D eigenvalue weighted by molar-refractivity contribution is -0.149. The zero-order valence-corrected chi connectivity index (χ0v) is 14.0. The van der Waals surface area contributed by atoms with Crippen molar-refractivity contribution in [3.05, 3.63) is 0 Å². The van der Waals surface area contributed by atoms with Crippen LogP contribution in [0.25, 0.3) is 0 Å². The Bertz CT molecular complexity index is 437. The molecule has 0 radical (unpaired) electrons. The smallest absolute Gasteiger partial charge is 0.312 e. The van der Waals surface area contributed by atoms with Gasteiger partial charge in [0.2, 0.25) is 0 Å². The Kier molecular flexibility index (Phi) is 4.74. The van der Waals surface area contributed by atoms with E-state index in [4.69, 9.17) is 0 Å². The molecule has 2 saturated carbocycles. The normalized spacial score (nSPS) is 35.5. The fraction of sp³-hybridized carbons (Fsp3) is 0.889. The highest BCUT2D eigenvalue weighted by molar-refractivity contribution is 6.35. The molecule has 4 heteroatoms. The van der Waals surface area contributed by atoms with E-state index in [0.29, 0.717) is 5.92 Å². The Hall–Kier alpha value is -1.06. The highest BCUT2D eigenvalue weighted by atomic mass is 16.2. The van der Waals surface area contributed by atoms with Crippen molar-refractivity contribution in [2.45, 2.75) is 77.3 Å². The van der Waals surface area contributed by atoms with Gasteiger partial charge < -0.3 is 10.2 Å². The molecule has 3 rings (SSSR count). The van der Waals surface area contributed by atoms with Gasteiger partial charge in [0.1, 0.15) is 0 Å². The van der Waals surface area contributed by atoms with Gasteiger partial charge in [0.05, 0.1) is 0 Å². The summed E-state index contributed by atoms with van der Waals surface area (Å²) in [6.07, 6.45) is 9.44. The maximum absolute atomic E-state index is 12.5. The predicted octanol–water partition coefficient (Wildman–Crippen LogP) is 2.72. The molecule has 0 aromatic heterocycles. The molecule has 2 amide bonds. The van der Waals surface area contributed by atoms with Crippen molar-refractivity contribution in [2.75, 3.05) is 6.54 Å². The second kappa shape index (κ2) is 6.59. The van der Waals surface area contributed by atoms with Gasteiger partial charge in [0.15, 0.2) is 0 Å². The van der Waals surface area contributed by atoms with E-state index in [1.807, 2.05) is 4.90 Å². The van der Waals surface area contributed by atoms with Crippen LogP contribution in [0.3, 0.4) is 0 Å². The van der Waals surface area contributed by atoms with Crippen molar-refractivity contribution in [2.24, 2.45) is 17.8 Å². The third-order valence-corrected chi connectivity index (χ3v) is 6.35. The lowest BCUT2D eigenvalue weighted by Crippen LogP contribution is -2.52. The highest BCUT2D eigenvalue weighted by Gasteiger charge is 2.42. The summed E-state index contributed by atoms with van der Waals surface area (Å²) in [6, 6.07) is 0.390. The van der Waals surface area contributed by atoms with Gasteiger partial charge in [-0.2, -0.15) is 0 Å². The number of nitrogens with one attached hydrogen (secondary N) is 1. The summed E-state index contributed by atoms with van der Waals surface area (Å²) in [6.45, 7) is 4.93. The second-order valence-electron chi connectivity index (χ2n) is 7.66. The van der Waals surface area contributed by atoms with Crippen LogP contribution in [0.2, 0.25) is 0 Å². The Morgan fingerprint density at radius 2 is 2.00 bits per heavy atom. The molecule has 5 unspecified atom stereocenters. The van der Waals surface area contributed by atoms with E-state index < -0.39 is 0 Å². The molecule has 5 atom stereocenters. The van der Waals surface area contributed by atoms with E-state index >= 15 is 0 Å². The first-order valence-electron chi connectivity index (χ1n) is 9.21. The van der Waals surface area contributed by atoms with Gasteiger partial charge in [0.25, 0.3) is 0 Å². The maximum Gasteiger partial charge on any atom is 0.312 e. The van der Waals surface area contributed by atoms with Crippen LogP contribution in [0.4, 0.5) is 0 Å². The monoisotopic (exact) mass is 306 g/mol. The number of carbonyl (C=O) groups is 2. The van der Waals surface area contributed by atoms with Crippen LogP contribution in [0.15, 0.2) is 0 Å². The Morgan fingerprint density at radius 3 is 2.64 bits per heavy atom. The number of nitrogens with zero attached hydrogens (tertiary/aromatic N) is 1. The molecular weight excluding hydrogens is 276 g/mol. The number of fused-ring (bicyclic) bond motifs is 2. The molecule has 1 N–H and O–H groups in total. The second-order valence-corrected chi connectivity index (χ2v) is 7.66. The van der Waals surface area contributed by atoms with Crippen LogP contribution >= 0.6 is 0 Å². The highest BCUT2D eigenvalue weighted by Crippen LogP contribution is 2.49. The first-order chi connectivity index (χ1) is 10.6. The molecule has 4 nitrogen and oxygen atoms in total. The van der Waals surface area contributed by atoms with E-state index in [-0.39, 0.29) is 23.9 Å². The SMILES string of the molecule is CCC1CCCCN1C(=O)C(=O)NC(C)C1CC2CCC1C2. The van der Waals surface area contributed by atoms with Crippen molar-refractivity contribution in [1.29, 1.82) is 0 Å². The van der Waals surface area contributed by atoms with E-state index in [9.17, 15) is 9.59 Å². The van der Waals surface area contributed by atoms with Crippen LogP contribution in [0.5, 0.6) is 0 Å². The average Bonchev–Trinajstić information content (AvgIpc) is 3.17. The number of piperidine rings is 1. The van der Waals surface area contributed by atoms with Crippen molar-refractivity contribution in [1.82, 2.24) is 10.2 Å². The first-order valence-corrected chi connectivity index (χ1v) is 9.21. The maximum atomic E-state index is 12.5. The molecule has 0 aromatic carbocycles.